The maximum Gasteiger partial charge on any atom is 0.257 e. The predicted octanol–water partition coefficient (Wildman–Crippen LogP) is 5.24. The van der Waals surface area contributed by atoms with Crippen LogP contribution in [0.25, 0.3) is 0 Å². The molecule has 0 saturated heterocycles. The topological polar surface area (TPSA) is 89.6 Å². The van der Waals surface area contributed by atoms with Crippen LogP contribution in [-0.2, 0) is 6.61 Å². The van der Waals surface area contributed by atoms with Crippen molar-refractivity contribution in [2.45, 2.75) is 6.61 Å². The Labute approximate surface area is 195 Å². The number of ether oxygens (including phenoxy) is 2. The van der Waals surface area contributed by atoms with Crippen LogP contribution in [0.3, 0.4) is 0 Å². The second kappa shape index (κ2) is 10.4. The lowest BCUT2D eigenvalue weighted by atomic mass is 10.1. The molecule has 0 radical (unpaired) electrons. The van der Waals surface area contributed by atoms with Gasteiger partial charge in [-0.15, -0.1) is 0 Å². The van der Waals surface area contributed by atoms with Crippen LogP contribution < -0.4 is 20.1 Å². The Bertz CT molecular complexity index is 1240. The highest BCUT2D eigenvalue weighted by Crippen LogP contribution is 2.31. The minimum Gasteiger partial charge on any atom is -0.493 e. The molecule has 4 rings (SSSR count). The molecule has 0 aliphatic heterocycles. The van der Waals surface area contributed by atoms with E-state index in [1.807, 2.05) is 17.5 Å². The molecular formula is C25H21N3O4S. The van der Waals surface area contributed by atoms with E-state index in [2.05, 4.69) is 15.6 Å². The zero-order valence-electron chi connectivity index (χ0n) is 17.8. The summed E-state index contributed by atoms with van der Waals surface area (Å²) in [5.41, 5.74) is 2.74. The molecule has 0 aliphatic carbocycles. The van der Waals surface area contributed by atoms with Crippen molar-refractivity contribution in [1.82, 2.24) is 4.98 Å². The van der Waals surface area contributed by atoms with Gasteiger partial charge in [-0.25, -0.2) is 0 Å². The summed E-state index contributed by atoms with van der Waals surface area (Å²) in [5.74, 6) is 0.394. The van der Waals surface area contributed by atoms with Crippen LogP contribution >= 0.6 is 11.3 Å². The molecule has 2 N–H and O–H groups in total. The van der Waals surface area contributed by atoms with Gasteiger partial charge in [-0.3, -0.25) is 14.6 Å². The monoisotopic (exact) mass is 459 g/mol. The molecule has 7 nitrogen and oxygen atoms in total. The van der Waals surface area contributed by atoms with Crippen LogP contribution in [0.1, 0.15) is 26.3 Å². The van der Waals surface area contributed by atoms with Gasteiger partial charge in [-0.1, -0.05) is 18.2 Å². The standard InChI is InChI=1S/C25H21N3O4S/c1-31-22-9-8-19(13-23(22)32-15-17-5-4-11-26-14-17)27-25(30)20-6-2-3-7-21(20)28-24(29)18-10-12-33-16-18/h2-14,16H,15H2,1H3,(H,27,30)(H,28,29). The van der Waals surface area contributed by atoms with Gasteiger partial charge in [0.05, 0.1) is 23.9 Å². The van der Waals surface area contributed by atoms with Gasteiger partial charge < -0.3 is 20.1 Å². The molecule has 0 fully saturated rings. The van der Waals surface area contributed by atoms with E-state index >= 15 is 0 Å². The molecule has 166 valence electrons. The number of nitrogens with one attached hydrogen (secondary N) is 2. The van der Waals surface area contributed by atoms with Crippen molar-refractivity contribution in [3.8, 4) is 11.5 Å². The Morgan fingerprint density at radius 3 is 2.61 bits per heavy atom. The molecule has 0 unspecified atom stereocenters. The van der Waals surface area contributed by atoms with E-state index in [9.17, 15) is 9.59 Å². The number of thiophene rings is 1. The van der Waals surface area contributed by atoms with Crippen LogP contribution in [0.4, 0.5) is 11.4 Å². The van der Waals surface area contributed by atoms with Crippen LogP contribution in [0.2, 0.25) is 0 Å². The van der Waals surface area contributed by atoms with Crippen LogP contribution in [0.15, 0.2) is 83.8 Å². The molecule has 0 bridgehead atoms. The smallest absolute Gasteiger partial charge is 0.257 e. The number of para-hydroxylation sites is 1. The molecule has 0 atom stereocenters. The molecular weight excluding hydrogens is 438 g/mol. The number of nitrogens with zero attached hydrogens (tertiary/aromatic N) is 1. The summed E-state index contributed by atoms with van der Waals surface area (Å²) in [6, 6.07) is 17.5. The summed E-state index contributed by atoms with van der Waals surface area (Å²) < 4.78 is 11.3. The van der Waals surface area contributed by atoms with E-state index in [1.165, 1.54) is 11.3 Å². The molecule has 33 heavy (non-hydrogen) atoms. The number of anilines is 2. The first-order valence-corrected chi connectivity index (χ1v) is 11.0. The van der Waals surface area contributed by atoms with E-state index in [0.29, 0.717) is 40.6 Å². The summed E-state index contributed by atoms with van der Waals surface area (Å²) in [6.07, 6.45) is 3.42. The molecule has 2 aromatic carbocycles. The van der Waals surface area contributed by atoms with Gasteiger partial charge in [0, 0.05) is 35.1 Å². The molecule has 0 aliphatic rings. The average molecular weight is 460 g/mol. The number of pyridine rings is 1. The zero-order valence-corrected chi connectivity index (χ0v) is 18.6. The van der Waals surface area contributed by atoms with Gasteiger partial charge in [0.25, 0.3) is 11.8 Å². The van der Waals surface area contributed by atoms with Crippen molar-refractivity contribution in [3.63, 3.8) is 0 Å². The lowest BCUT2D eigenvalue weighted by molar-refractivity contribution is 0.102. The minimum absolute atomic E-state index is 0.271. The Balaban J connectivity index is 1.50. The molecule has 2 heterocycles. The number of carbonyl (C=O) groups excluding carboxylic acids is 2. The Morgan fingerprint density at radius 2 is 1.85 bits per heavy atom. The molecule has 0 saturated carbocycles. The third kappa shape index (κ3) is 5.55. The van der Waals surface area contributed by atoms with Crippen molar-refractivity contribution in [2.24, 2.45) is 0 Å². The lowest BCUT2D eigenvalue weighted by Gasteiger charge is -2.14. The lowest BCUT2D eigenvalue weighted by Crippen LogP contribution is -2.18. The normalized spacial score (nSPS) is 10.3. The first kappa shape index (κ1) is 22.0. The zero-order chi connectivity index (χ0) is 23.0. The largest absolute Gasteiger partial charge is 0.493 e. The highest BCUT2D eigenvalue weighted by Gasteiger charge is 2.16. The fourth-order valence-corrected chi connectivity index (χ4v) is 3.72. The quantitative estimate of drug-likeness (QED) is 0.376. The number of benzene rings is 2. The van der Waals surface area contributed by atoms with Gasteiger partial charge in [0.2, 0.25) is 0 Å². The Hall–Kier alpha value is -4.17. The third-order valence-electron chi connectivity index (χ3n) is 4.74. The van der Waals surface area contributed by atoms with Crippen molar-refractivity contribution in [1.29, 1.82) is 0 Å². The molecule has 2 aromatic heterocycles. The second-order valence-corrected chi connectivity index (χ2v) is 7.76. The number of methoxy groups -OCH3 is 1. The number of carbonyl (C=O) groups is 2. The summed E-state index contributed by atoms with van der Waals surface area (Å²) in [5, 5.41) is 9.24. The summed E-state index contributed by atoms with van der Waals surface area (Å²) in [7, 11) is 1.55. The van der Waals surface area contributed by atoms with E-state index in [-0.39, 0.29) is 11.8 Å². The predicted molar refractivity (Wildman–Crippen MR) is 128 cm³/mol. The van der Waals surface area contributed by atoms with Gasteiger partial charge in [-0.05, 0) is 41.8 Å². The van der Waals surface area contributed by atoms with Crippen molar-refractivity contribution in [3.05, 3.63) is 101 Å². The van der Waals surface area contributed by atoms with Crippen molar-refractivity contribution < 1.29 is 19.1 Å². The summed E-state index contributed by atoms with van der Waals surface area (Å²) in [6.45, 7) is 0.305. The van der Waals surface area contributed by atoms with Crippen molar-refractivity contribution >= 4 is 34.5 Å². The van der Waals surface area contributed by atoms with Crippen LogP contribution in [-0.4, -0.2) is 23.9 Å². The van der Waals surface area contributed by atoms with Gasteiger partial charge in [0.1, 0.15) is 6.61 Å². The maximum absolute atomic E-state index is 13.0. The van der Waals surface area contributed by atoms with Crippen molar-refractivity contribution in [2.75, 3.05) is 17.7 Å². The van der Waals surface area contributed by atoms with E-state index in [0.717, 1.165) is 5.56 Å². The SMILES string of the molecule is COc1ccc(NC(=O)c2ccccc2NC(=O)c2ccsc2)cc1OCc1cccnc1. The van der Waals surface area contributed by atoms with E-state index in [1.54, 1.807) is 73.4 Å². The second-order valence-electron chi connectivity index (χ2n) is 6.98. The number of rotatable bonds is 8. The van der Waals surface area contributed by atoms with Crippen LogP contribution in [0, 0.1) is 0 Å². The van der Waals surface area contributed by atoms with Gasteiger partial charge >= 0.3 is 0 Å². The number of hydrogen-bond donors (Lipinski definition) is 2. The van der Waals surface area contributed by atoms with E-state index < -0.39 is 0 Å². The highest BCUT2D eigenvalue weighted by molar-refractivity contribution is 7.08. The fourth-order valence-electron chi connectivity index (χ4n) is 3.09. The molecule has 0 spiro atoms. The first-order valence-electron chi connectivity index (χ1n) is 10.1. The summed E-state index contributed by atoms with van der Waals surface area (Å²) in [4.78, 5) is 29.5. The minimum atomic E-state index is -0.361. The van der Waals surface area contributed by atoms with Crippen LogP contribution in [0.5, 0.6) is 11.5 Å². The molecule has 8 heteroatoms. The fraction of sp³-hybridized carbons (Fsp3) is 0.0800. The molecule has 2 amide bonds. The Kier molecular flexibility index (Phi) is 6.96. The highest BCUT2D eigenvalue weighted by atomic mass is 32.1. The number of hydrogen-bond acceptors (Lipinski definition) is 6. The van der Waals surface area contributed by atoms with E-state index in [4.69, 9.17) is 9.47 Å². The maximum atomic E-state index is 13.0. The Morgan fingerprint density at radius 1 is 0.970 bits per heavy atom. The van der Waals surface area contributed by atoms with Gasteiger partial charge in [-0.2, -0.15) is 11.3 Å². The van der Waals surface area contributed by atoms with Gasteiger partial charge in [0.15, 0.2) is 11.5 Å². The third-order valence-corrected chi connectivity index (χ3v) is 5.43. The summed E-state index contributed by atoms with van der Waals surface area (Å²) >= 11 is 1.43. The number of aromatic nitrogens is 1. The first-order chi connectivity index (χ1) is 16.1. The molecule has 4 aromatic rings. The average Bonchev–Trinajstić information content (AvgIpc) is 3.39. The number of amides is 2.